The standard InChI is InChI=1S/C16H13BrClFO2/c17-13-4-1-10(2-5-13)7-12(16(20)21)8-11-3-6-15(19)14(18)9-11/h1-6,9,12H,7-8H2,(H,20,21). The van der Waals surface area contributed by atoms with E-state index in [9.17, 15) is 14.3 Å². The zero-order chi connectivity index (χ0) is 15.4. The highest BCUT2D eigenvalue weighted by molar-refractivity contribution is 9.10. The second kappa shape index (κ2) is 7.05. The van der Waals surface area contributed by atoms with Gasteiger partial charge in [-0.05, 0) is 48.2 Å². The molecule has 0 aromatic heterocycles. The van der Waals surface area contributed by atoms with Gasteiger partial charge in [0.2, 0.25) is 0 Å². The molecule has 0 spiro atoms. The van der Waals surface area contributed by atoms with Gasteiger partial charge in [-0.2, -0.15) is 0 Å². The third-order valence-electron chi connectivity index (χ3n) is 3.21. The lowest BCUT2D eigenvalue weighted by atomic mass is 9.92. The molecule has 0 saturated carbocycles. The predicted molar refractivity (Wildman–Crippen MR) is 84.1 cm³/mol. The van der Waals surface area contributed by atoms with Crippen molar-refractivity contribution in [1.82, 2.24) is 0 Å². The monoisotopic (exact) mass is 370 g/mol. The highest BCUT2D eigenvalue weighted by Gasteiger charge is 2.19. The van der Waals surface area contributed by atoms with Crippen LogP contribution in [0.15, 0.2) is 46.9 Å². The maximum absolute atomic E-state index is 13.1. The molecule has 0 fully saturated rings. The maximum Gasteiger partial charge on any atom is 0.307 e. The van der Waals surface area contributed by atoms with Gasteiger partial charge in [0.05, 0.1) is 10.9 Å². The Kier molecular flexibility index (Phi) is 5.37. The molecule has 2 rings (SSSR count). The van der Waals surface area contributed by atoms with Crippen LogP contribution in [0.3, 0.4) is 0 Å². The van der Waals surface area contributed by atoms with Crippen molar-refractivity contribution in [2.75, 3.05) is 0 Å². The molecule has 1 unspecified atom stereocenters. The molecule has 2 aromatic carbocycles. The first-order chi connectivity index (χ1) is 9.95. The molecule has 0 aliphatic rings. The number of hydrogen-bond acceptors (Lipinski definition) is 1. The summed E-state index contributed by atoms with van der Waals surface area (Å²) in [6.07, 6.45) is 0.725. The number of aliphatic carboxylic acids is 1. The lowest BCUT2D eigenvalue weighted by molar-refractivity contribution is -0.141. The van der Waals surface area contributed by atoms with Crippen LogP contribution < -0.4 is 0 Å². The molecule has 21 heavy (non-hydrogen) atoms. The van der Waals surface area contributed by atoms with E-state index in [4.69, 9.17) is 11.6 Å². The first-order valence-electron chi connectivity index (χ1n) is 6.37. The molecular weight excluding hydrogens is 359 g/mol. The molecule has 1 N–H and O–H groups in total. The van der Waals surface area contributed by atoms with E-state index in [1.807, 2.05) is 24.3 Å². The predicted octanol–water partition coefficient (Wildman–Crippen LogP) is 4.73. The summed E-state index contributed by atoms with van der Waals surface area (Å²) in [5.41, 5.74) is 1.66. The average Bonchev–Trinajstić information content (AvgIpc) is 2.44. The van der Waals surface area contributed by atoms with Gasteiger partial charge in [-0.1, -0.05) is 45.7 Å². The summed E-state index contributed by atoms with van der Waals surface area (Å²) < 4.78 is 14.1. The molecule has 110 valence electrons. The van der Waals surface area contributed by atoms with Gasteiger partial charge in [0.1, 0.15) is 5.82 Å². The van der Waals surface area contributed by atoms with E-state index in [0.717, 1.165) is 10.0 Å². The van der Waals surface area contributed by atoms with Crippen molar-refractivity contribution in [2.45, 2.75) is 12.8 Å². The fraction of sp³-hybridized carbons (Fsp3) is 0.188. The quantitative estimate of drug-likeness (QED) is 0.825. The smallest absolute Gasteiger partial charge is 0.307 e. The number of halogens is 3. The molecule has 1 atom stereocenters. The van der Waals surface area contributed by atoms with E-state index in [1.54, 1.807) is 6.07 Å². The maximum atomic E-state index is 13.1. The molecule has 0 bridgehead atoms. The SMILES string of the molecule is O=C(O)C(Cc1ccc(Br)cc1)Cc1ccc(F)c(Cl)c1. The molecule has 2 aromatic rings. The molecule has 2 nitrogen and oxygen atoms in total. The van der Waals surface area contributed by atoms with E-state index >= 15 is 0 Å². The van der Waals surface area contributed by atoms with Crippen molar-refractivity contribution in [3.05, 3.63) is 68.9 Å². The van der Waals surface area contributed by atoms with Crippen LogP contribution in [0.25, 0.3) is 0 Å². The Bertz CT molecular complexity index is 643. The normalized spacial score (nSPS) is 12.1. The average molecular weight is 372 g/mol. The van der Waals surface area contributed by atoms with Crippen molar-refractivity contribution >= 4 is 33.5 Å². The highest BCUT2D eigenvalue weighted by atomic mass is 79.9. The lowest BCUT2D eigenvalue weighted by Crippen LogP contribution is -2.19. The minimum Gasteiger partial charge on any atom is -0.481 e. The minimum atomic E-state index is -0.877. The Morgan fingerprint density at radius 3 is 2.29 bits per heavy atom. The van der Waals surface area contributed by atoms with Gasteiger partial charge in [-0.15, -0.1) is 0 Å². The number of carboxylic acids is 1. The number of benzene rings is 2. The summed E-state index contributed by atoms with van der Waals surface area (Å²) in [4.78, 5) is 11.4. The van der Waals surface area contributed by atoms with Crippen molar-refractivity contribution in [1.29, 1.82) is 0 Å². The first-order valence-corrected chi connectivity index (χ1v) is 7.54. The third kappa shape index (κ3) is 4.55. The number of rotatable bonds is 5. The van der Waals surface area contributed by atoms with Crippen LogP contribution in [-0.4, -0.2) is 11.1 Å². The van der Waals surface area contributed by atoms with Gasteiger partial charge in [-0.25, -0.2) is 4.39 Å². The van der Waals surface area contributed by atoms with Crippen LogP contribution in [0, 0.1) is 11.7 Å². The van der Waals surface area contributed by atoms with Crippen LogP contribution in [0.4, 0.5) is 4.39 Å². The summed E-state index contributed by atoms with van der Waals surface area (Å²) in [7, 11) is 0. The van der Waals surface area contributed by atoms with Crippen LogP contribution in [0.2, 0.25) is 5.02 Å². The Labute approximate surface area is 135 Å². The minimum absolute atomic E-state index is 0.0141. The summed E-state index contributed by atoms with van der Waals surface area (Å²) in [5.74, 6) is -1.95. The second-order valence-corrected chi connectivity index (χ2v) is 6.14. The lowest BCUT2D eigenvalue weighted by Gasteiger charge is -2.13. The summed E-state index contributed by atoms with van der Waals surface area (Å²) in [6, 6.07) is 11.8. The number of hydrogen-bond donors (Lipinski definition) is 1. The van der Waals surface area contributed by atoms with Crippen molar-refractivity contribution in [3.8, 4) is 0 Å². The zero-order valence-electron chi connectivity index (χ0n) is 11.0. The molecule has 0 amide bonds. The highest BCUT2D eigenvalue weighted by Crippen LogP contribution is 2.21. The van der Waals surface area contributed by atoms with Gasteiger partial charge in [0, 0.05) is 4.47 Å². The van der Waals surface area contributed by atoms with Crippen LogP contribution >= 0.6 is 27.5 Å². The molecular formula is C16H13BrClFO2. The Hall–Kier alpha value is -1.39. The fourth-order valence-corrected chi connectivity index (χ4v) is 2.57. The molecule has 5 heteroatoms. The van der Waals surface area contributed by atoms with E-state index in [-0.39, 0.29) is 5.02 Å². The topological polar surface area (TPSA) is 37.3 Å². The van der Waals surface area contributed by atoms with Crippen LogP contribution in [0.1, 0.15) is 11.1 Å². The summed E-state index contributed by atoms with van der Waals surface area (Å²) in [6.45, 7) is 0. The van der Waals surface area contributed by atoms with Crippen LogP contribution in [0.5, 0.6) is 0 Å². The summed E-state index contributed by atoms with van der Waals surface area (Å²) in [5, 5.41) is 9.37. The third-order valence-corrected chi connectivity index (χ3v) is 4.03. The molecule has 0 aliphatic carbocycles. The van der Waals surface area contributed by atoms with Crippen molar-refractivity contribution in [3.63, 3.8) is 0 Å². The molecule has 0 aliphatic heterocycles. The summed E-state index contributed by atoms with van der Waals surface area (Å²) >= 11 is 9.07. The first kappa shape index (κ1) is 16.0. The molecule has 0 saturated heterocycles. The Morgan fingerprint density at radius 1 is 1.14 bits per heavy atom. The molecule has 0 heterocycles. The van der Waals surface area contributed by atoms with Crippen LogP contribution in [-0.2, 0) is 17.6 Å². The van der Waals surface area contributed by atoms with E-state index in [1.165, 1.54) is 12.1 Å². The largest absolute Gasteiger partial charge is 0.481 e. The van der Waals surface area contributed by atoms with Gasteiger partial charge in [0.15, 0.2) is 0 Å². The zero-order valence-corrected chi connectivity index (χ0v) is 13.4. The van der Waals surface area contributed by atoms with Gasteiger partial charge in [0.25, 0.3) is 0 Å². The Morgan fingerprint density at radius 2 is 1.71 bits per heavy atom. The number of carbonyl (C=O) groups is 1. The Balaban J connectivity index is 2.13. The van der Waals surface area contributed by atoms with Gasteiger partial charge in [-0.3, -0.25) is 4.79 Å². The van der Waals surface area contributed by atoms with E-state index in [0.29, 0.717) is 18.4 Å². The second-order valence-electron chi connectivity index (χ2n) is 4.82. The number of carboxylic acid groups (broad SMARTS) is 1. The van der Waals surface area contributed by atoms with Gasteiger partial charge >= 0.3 is 5.97 Å². The van der Waals surface area contributed by atoms with E-state index < -0.39 is 17.7 Å². The van der Waals surface area contributed by atoms with Gasteiger partial charge < -0.3 is 5.11 Å². The van der Waals surface area contributed by atoms with Crippen molar-refractivity contribution < 1.29 is 14.3 Å². The fourth-order valence-electron chi connectivity index (χ4n) is 2.10. The van der Waals surface area contributed by atoms with E-state index in [2.05, 4.69) is 15.9 Å². The van der Waals surface area contributed by atoms with Crippen molar-refractivity contribution in [2.24, 2.45) is 5.92 Å². The molecule has 0 radical (unpaired) electrons.